The minimum Gasteiger partial charge on any atom is -0.508 e. The Morgan fingerprint density at radius 1 is 0.978 bits per heavy atom. The first-order chi connectivity index (χ1) is 22.4. The maximum absolute atomic E-state index is 16.9. The monoisotopic (exact) mass is 637 g/mol. The summed E-state index contributed by atoms with van der Waals surface area (Å²) in [6.07, 6.45) is 6.11. The molecule has 9 heteroatoms. The van der Waals surface area contributed by atoms with Crippen molar-refractivity contribution in [3.8, 4) is 22.9 Å². The Balaban J connectivity index is 1.21. The maximum Gasteiger partial charge on any atom is 0.319 e. The van der Waals surface area contributed by atoms with E-state index < -0.39 is 5.82 Å². The smallest absolute Gasteiger partial charge is 0.319 e. The molecule has 3 fully saturated rings. The molecular weight excluding hydrogens is 601 g/mol. The molecule has 236 valence electrons. The second-order valence-corrected chi connectivity index (χ2v) is 13.5. The number of fused-ring (bicyclic) bond motifs is 4. The third-order valence-electron chi connectivity index (χ3n) is 10.0. The van der Waals surface area contributed by atoms with Gasteiger partial charge in [-0.3, -0.25) is 0 Å². The van der Waals surface area contributed by atoms with Gasteiger partial charge >= 0.3 is 6.01 Å². The van der Waals surface area contributed by atoms with E-state index in [1.54, 1.807) is 18.2 Å². The van der Waals surface area contributed by atoms with Crippen LogP contribution in [0.5, 0.6) is 11.8 Å². The van der Waals surface area contributed by atoms with Gasteiger partial charge < -0.3 is 25.4 Å². The molecule has 0 spiro atoms. The molecule has 0 saturated carbocycles. The van der Waals surface area contributed by atoms with Crippen molar-refractivity contribution in [1.82, 2.24) is 20.6 Å². The van der Waals surface area contributed by atoms with E-state index in [-0.39, 0.29) is 33.4 Å². The molecule has 46 heavy (non-hydrogen) atoms. The highest BCUT2D eigenvalue weighted by Gasteiger charge is 2.36. The number of nitrogens with one attached hydrogen (secondary N) is 2. The molecular formula is C37H37ClFN5O2. The molecule has 7 nitrogen and oxygen atoms in total. The van der Waals surface area contributed by atoms with Crippen LogP contribution in [0, 0.1) is 5.82 Å². The van der Waals surface area contributed by atoms with Crippen LogP contribution in [0.4, 0.5) is 10.2 Å². The zero-order valence-electron chi connectivity index (χ0n) is 25.6. The lowest BCUT2D eigenvalue weighted by Gasteiger charge is -2.34. The van der Waals surface area contributed by atoms with Crippen LogP contribution >= 0.6 is 11.6 Å². The van der Waals surface area contributed by atoms with E-state index in [9.17, 15) is 5.11 Å². The van der Waals surface area contributed by atoms with E-state index in [4.69, 9.17) is 26.3 Å². The van der Waals surface area contributed by atoms with Gasteiger partial charge in [0.05, 0.1) is 10.6 Å². The number of aryl methyl sites for hydroxylation is 1. The van der Waals surface area contributed by atoms with Gasteiger partial charge in [0, 0.05) is 36.1 Å². The predicted molar refractivity (Wildman–Crippen MR) is 181 cm³/mol. The fraction of sp³-hybridized carbons (Fsp3) is 0.351. The molecule has 2 bridgehead atoms. The Hall–Kier alpha value is -3.98. The Labute approximate surface area is 272 Å². The van der Waals surface area contributed by atoms with Crippen LogP contribution in [0.1, 0.15) is 37.7 Å². The number of anilines is 1. The first-order valence-corrected chi connectivity index (χ1v) is 16.7. The molecule has 3 N–H and O–H groups in total. The summed E-state index contributed by atoms with van der Waals surface area (Å²) in [5, 5.41) is 20.3. The number of aromatic hydroxyl groups is 1. The lowest BCUT2D eigenvalue weighted by atomic mass is 9.90. The zero-order valence-corrected chi connectivity index (χ0v) is 26.4. The van der Waals surface area contributed by atoms with Crippen LogP contribution in [0.15, 0.2) is 72.8 Å². The summed E-state index contributed by atoms with van der Waals surface area (Å²) in [6, 6.07) is 24.0. The average Bonchev–Trinajstić information content (AvgIpc) is 3.68. The van der Waals surface area contributed by atoms with Gasteiger partial charge in [-0.15, -0.1) is 0 Å². The highest BCUT2D eigenvalue weighted by Crippen LogP contribution is 2.43. The average molecular weight is 638 g/mol. The number of hydrogen-bond acceptors (Lipinski definition) is 7. The van der Waals surface area contributed by atoms with Gasteiger partial charge in [-0.25, -0.2) is 4.39 Å². The molecule has 0 amide bonds. The number of aromatic nitrogens is 2. The van der Waals surface area contributed by atoms with Gasteiger partial charge in [0.25, 0.3) is 0 Å². The van der Waals surface area contributed by atoms with Crippen molar-refractivity contribution in [2.24, 2.45) is 0 Å². The molecule has 4 aromatic carbocycles. The van der Waals surface area contributed by atoms with Gasteiger partial charge in [0.15, 0.2) is 5.82 Å². The number of piperazine rings is 1. The number of rotatable bonds is 8. The molecule has 3 aliphatic rings. The highest BCUT2D eigenvalue weighted by molar-refractivity contribution is 6.35. The largest absolute Gasteiger partial charge is 0.508 e. The maximum atomic E-state index is 16.9. The lowest BCUT2D eigenvalue weighted by Crippen LogP contribution is -2.51. The standard InChI is InChI=1S/C37H37ClFN5O2/c38-31-19-30-34(33(39)32(31)29-18-27(45)17-24-9-4-5-10-28(24)29)42-36(43-35(30)44-20-25-11-12-26(21-44)41-25)46-22-37(14-6-16-40-37)15-13-23-7-2-1-3-8-23/h1-5,7-10,17-19,25-26,40-41,45H,6,11-16,20-22H2. The summed E-state index contributed by atoms with van der Waals surface area (Å²) in [4.78, 5) is 11.9. The van der Waals surface area contributed by atoms with Gasteiger partial charge in [-0.2, -0.15) is 9.97 Å². The molecule has 8 rings (SSSR count). The van der Waals surface area contributed by atoms with E-state index >= 15 is 4.39 Å². The van der Waals surface area contributed by atoms with Crippen LogP contribution in [0.2, 0.25) is 5.02 Å². The Kier molecular flexibility index (Phi) is 7.67. The second-order valence-electron chi connectivity index (χ2n) is 13.1. The van der Waals surface area contributed by atoms with E-state index in [0.717, 1.165) is 68.9 Å². The molecule has 3 saturated heterocycles. The molecule has 3 aliphatic heterocycles. The van der Waals surface area contributed by atoms with E-state index in [1.165, 1.54) is 5.56 Å². The summed E-state index contributed by atoms with van der Waals surface area (Å²) in [5.41, 5.74) is 1.95. The number of phenols is 1. The Morgan fingerprint density at radius 2 is 1.76 bits per heavy atom. The van der Waals surface area contributed by atoms with Crippen molar-refractivity contribution in [2.45, 2.75) is 56.1 Å². The van der Waals surface area contributed by atoms with Crippen molar-refractivity contribution in [3.63, 3.8) is 0 Å². The van der Waals surface area contributed by atoms with Crippen molar-refractivity contribution >= 4 is 39.1 Å². The van der Waals surface area contributed by atoms with Gasteiger partial charge in [0.2, 0.25) is 0 Å². The predicted octanol–water partition coefficient (Wildman–Crippen LogP) is 7.02. The number of benzene rings is 4. The third kappa shape index (κ3) is 5.52. The van der Waals surface area contributed by atoms with Gasteiger partial charge in [-0.1, -0.05) is 66.2 Å². The fourth-order valence-corrected chi connectivity index (χ4v) is 7.99. The van der Waals surface area contributed by atoms with Crippen LogP contribution in [0.25, 0.3) is 32.8 Å². The summed E-state index contributed by atoms with van der Waals surface area (Å²) < 4.78 is 23.4. The lowest BCUT2D eigenvalue weighted by molar-refractivity contribution is 0.177. The van der Waals surface area contributed by atoms with Crippen LogP contribution < -0.4 is 20.3 Å². The van der Waals surface area contributed by atoms with Crippen molar-refractivity contribution in [3.05, 3.63) is 89.2 Å². The SMILES string of the molecule is Oc1cc(-c2c(Cl)cc3c(N4CC5CCC(C4)N5)nc(OCC4(CCc5ccccc5)CCCN4)nc3c2F)c2ccccc2c1. The second kappa shape index (κ2) is 12.0. The first-order valence-electron chi connectivity index (χ1n) is 16.3. The van der Waals surface area contributed by atoms with E-state index in [0.29, 0.717) is 35.5 Å². The quantitative estimate of drug-likeness (QED) is 0.169. The number of hydrogen-bond donors (Lipinski definition) is 3. The van der Waals surface area contributed by atoms with Crippen molar-refractivity contribution in [2.75, 3.05) is 31.1 Å². The number of nitrogens with zero attached hydrogens (tertiary/aromatic N) is 3. The minimum absolute atomic E-state index is 0.0396. The molecule has 4 heterocycles. The third-order valence-corrected chi connectivity index (χ3v) is 10.3. The summed E-state index contributed by atoms with van der Waals surface area (Å²) in [6.45, 7) is 2.85. The Bertz CT molecular complexity index is 1900. The molecule has 1 aromatic heterocycles. The zero-order chi connectivity index (χ0) is 31.3. The van der Waals surface area contributed by atoms with Gasteiger partial charge in [-0.05, 0) is 85.2 Å². The normalized spacial score (nSPS) is 22.6. The molecule has 0 radical (unpaired) electrons. The first kappa shape index (κ1) is 29.4. The van der Waals surface area contributed by atoms with E-state index in [2.05, 4.69) is 39.8 Å². The molecule has 5 aromatic rings. The van der Waals surface area contributed by atoms with Crippen molar-refractivity contribution in [1.29, 1.82) is 0 Å². The molecule has 3 unspecified atom stereocenters. The van der Waals surface area contributed by atoms with Gasteiger partial charge in [0.1, 0.15) is 23.7 Å². The Morgan fingerprint density at radius 3 is 2.54 bits per heavy atom. The minimum atomic E-state index is -0.553. The van der Waals surface area contributed by atoms with E-state index in [1.807, 2.05) is 30.3 Å². The molecule has 0 aliphatic carbocycles. The number of ether oxygens (including phenoxy) is 1. The van der Waals surface area contributed by atoms with Crippen LogP contribution in [-0.2, 0) is 6.42 Å². The summed E-state index contributed by atoms with van der Waals surface area (Å²) >= 11 is 6.92. The highest BCUT2D eigenvalue weighted by atomic mass is 35.5. The van der Waals surface area contributed by atoms with Crippen LogP contribution in [-0.4, -0.2) is 58.9 Å². The number of phenolic OH excluding ortho intramolecular Hbond substituents is 1. The van der Waals surface area contributed by atoms with Crippen molar-refractivity contribution < 1.29 is 14.2 Å². The summed E-state index contributed by atoms with van der Waals surface area (Å²) in [5.74, 6) is 0.129. The topological polar surface area (TPSA) is 82.5 Å². The van der Waals surface area contributed by atoms with Crippen LogP contribution in [0.3, 0.4) is 0 Å². The molecule has 3 atom stereocenters. The fourth-order valence-electron chi connectivity index (χ4n) is 7.69. The summed E-state index contributed by atoms with van der Waals surface area (Å²) in [7, 11) is 0. The number of halogens is 2.